The van der Waals surface area contributed by atoms with E-state index in [0.29, 0.717) is 11.4 Å². The van der Waals surface area contributed by atoms with Crippen molar-refractivity contribution >= 4 is 23.2 Å². The van der Waals surface area contributed by atoms with Gasteiger partial charge in [0.15, 0.2) is 0 Å². The minimum absolute atomic E-state index is 0.170. The molecule has 190 valence electrons. The van der Waals surface area contributed by atoms with Gasteiger partial charge in [-0.3, -0.25) is 14.4 Å². The number of nitrogens with zero attached hydrogens (tertiary/aromatic N) is 5. The summed E-state index contributed by atoms with van der Waals surface area (Å²) in [4.78, 5) is 23.9. The van der Waals surface area contributed by atoms with Crippen LogP contribution >= 0.6 is 0 Å². The van der Waals surface area contributed by atoms with Gasteiger partial charge in [0.05, 0.1) is 30.8 Å². The monoisotopic (exact) mass is 501 g/mol. The van der Waals surface area contributed by atoms with Crippen LogP contribution in [0.15, 0.2) is 61.1 Å². The van der Waals surface area contributed by atoms with Gasteiger partial charge in [-0.25, -0.2) is 14.4 Å². The van der Waals surface area contributed by atoms with E-state index in [1.54, 1.807) is 29.2 Å². The Kier molecular flexibility index (Phi) is 7.20. The molecule has 3 heterocycles. The van der Waals surface area contributed by atoms with Crippen LogP contribution < -0.4 is 10.6 Å². The zero-order valence-corrected chi connectivity index (χ0v) is 20.7. The molecule has 1 saturated heterocycles. The Labute approximate surface area is 214 Å². The third kappa shape index (κ3) is 5.99. The number of anilines is 3. The molecule has 2 aromatic heterocycles. The number of halogens is 1. The van der Waals surface area contributed by atoms with Crippen molar-refractivity contribution in [2.24, 2.45) is 7.05 Å². The van der Waals surface area contributed by atoms with E-state index in [9.17, 15) is 9.18 Å². The first kappa shape index (κ1) is 24.5. The molecule has 0 radical (unpaired) electrons. The summed E-state index contributed by atoms with van der Waals surface area (Å²) < 4.78 is 22.0. The molecule has 2 aromatic carbocycles. The lowest BCUT2D eigenvalue weighted by Crippen LogP contribution is -2.35. The number of morpholine rings is 1. The largest absolute Gasteiger partial charge is 0.379 e. The molecule has 1 aliphatic rings. The maximum absolute atomic E-state index is 14.9. The van der Waals surface area contributed by atoms with Gasteiger partial charge in [-0.05, 0) is 48.4 Å². The number of carbonyl (C=O) groups is 1. The fourth-order valence-electron chi connectivity index (χ4n) is 4.13. The number of benzene rings is 2. The third-order valence-corrected chi connectivity index (χ3v) is 6.19. The highest BCUT2D eigenvalue weighted by Crippen LogP contribution is 2.23. The van der Waals surface area contributed by atoms with Gasteiger partial charge in [0, 0.05) is 55.9 Å². The van der Waals surface area contributed by atoms with Crippen molar-refractivity contribution < 1.29 is 13.9 Å². The lowest BCUT2D eigenvalue weighted by atomic mass is 10.1. The van der Waals surface area contributed by atoms with Gasteiger partial charge >= 0.3 is 0 Å². The molecule has 1 amide bonds. The van der Waals surface area contributed by atoms with Crippen LogP contribution in [0.25, 0.3) is 11.3 Å². The van der Waals surface area contributed by atoms with Gasteiger partial charge in [-0.15, -0.1) is 0 Å². The van der Waals surface area contributed by atoms with Crippen molar-refractivity contribution in [2.45, 2.75) is 13.5 Å². The van der Waals surface area contributed by atoms with Crippen LogP contribution in [0.4, 0.5) is 21.7 Å². The molecule has 1 fully saturated rings. The zero-order valence-electron chi connectivity index (χ0n) is 20.7. The second-order valence-electron chi connectivity index (χ2n) is 8.98. The minimum Gasteiger partial charge on any atom is -0.379 e. The Morgan fingerprint density at radius 2 is 1.95 bits per heavy atom. The number of nitrogens with one attached hydrogen (secondary N) is 2. The number of hydrogen-bond acceptors (Lipinski definition) is 7. The van der Waals surface area contributed by atoms with Crippen LogP contribution in [0.3, 0.4) is 0 Å². The first-order chi connectivity index (χ1) is 17.9. The maximum Gasteiger partial charge on any atom is 0.255 e. The predicted octanol–water partition coefficient (Wildman–Crippen LogP) is 4.15. The highest BCUT2D eigenvalue weighted by Gasteiger charge is 2.15. The SMILES string of the molecule is Cc1ccc(CN2CCOCC2)cc1NC(=O)c1ccc(Nc2nccc(-c3cnn(C)c3)n2)c(F)c1. The van der Waals surface area contributed by atoms with E-state index in [4.69, 9.17) is 4.74 Å². The average molecular weight is 502 g/mol. The molecule has 1 aliphatic heterocycles. The molecule has 0 bridgehead atoms. The normalized spacial score (nSPS) is 13.9. The van der Waals surface area contributed by atoms with Gasteiger partial charge < -0.3 is 15.4 Å². The van der Waals surface area contributed by atoms with Crippen LogP contribution in [0, 0.1) is 12.7 Å². The van der Waals surface area contributed by atoms with Crippen LogP contribution in [0.2, 0.25) is 0 Å². The molecule has 10 heteroatoms. The molecule has 2 N–H and O–H groups in total. The van der Waals surface area contributed by atoms with E-state index in [1.807, 2.05) is 32.3 Å². The summed E-state index contributed by atoms with van der Waals surface area (Å²) in [5, 5.41) is 9.96. The van der Waals surface area contributed by atoms with Crippen molar-refractivity contribution in [3.63, 3.8) is 0 Å². The smallest absolute Gasteiger partial charge is 0.255 e. The number of carbonyl (C=O) groups excluding carboxylic acids is 1. The maximum atomic E-state index is 14.9. The first-order valence-corrected chi connectivity index (χ1v) is 12.0. The van der Waals surface area contributed by atoms with Crippen molar-refractivity contribution in [1.82, 2.24) is 24.6 Å². The first-order valence-electron chi connectivity index (χ1n) is 12.0. The Balaban J connectivity index is 1.27. The van der Waals surface area contributed by atoms with Crippen molar-refractivity contribution in [3.8, 4) is 11.3 Å². The van der Waals surface area contributed by atoms with Gasteiger partial charge in [-0.1, -0.05) is 12.1 Å². The Bertz CT molecular complexity index is 1420. The van der Waals surface area contributed by atoms with Crippen LogP contribution in [-0.2, 0) is 18.3 Å². The highest BCUT2D eigenvalue weighted by molar-refractivity contribution is 6.05. The van der Waals surface area contributed by atoms with E-state index in [-0.39, 0.29) is 23.1 Å². The summed E-state index contributed by atoms with van der Waals surface area (Å²) in [5.41, 5.74) is 4.61. The number of rotatable bonds is 7. The second-order valence-corrected chi connectivity index (χ2v) is 8.98. The van der Waals surface area contributed by atoms with Crippen LogP contribution in [-0.4, -0.2) is 56.9 Å². The molecule has 0 spiro atoms. The summed E-state index contributed by atoms with van der Waals surface area (Å²) in [7, 11) is 1.82. The molecule has 0 saturated carbocycles. The quantitative estimate of drug-likeness (QED) is 0.393. The Hall–Kier alpha value is -4.15. The molecule has 0 atom stereocenters. The van der Waals surface area contributed by atoms with E-state index in [2.05, 4.69) is 36.7 Å². The number of aryl methyl sites for hydroxylation is 2. The zero-order chi connectivity index (χ0) is 25.8. The number of amides is 1. The van der Waals surface area contributed by atoms with E-state index >= 15 is 0 Å². The van der Waals surface area contributed by atoms with Gasteiger partial charge in [-0.2, -0.15) is 5.10 Å². The van der Waals surface area contributed by atoms with E-state index in [1.165, 1.54) is 12.1 Å². The topological polar surface area (TPSA) is 97.2 Å². The minimum atomic E-state index is -0.583. The third-order valence-electron chi connectivity index (χ3n) is 6.19. The molecule has 37 heavy (non-hydrogen) atoms. The van der Waals surface area contributed by atoms with Crippen molar-refractivity contribution in [2.75, 3.05) is 36.9 Å². The second kappa shape index (κ2) is 10.9. The number of hydrogen-bond donors (Lipinski definition) is 2. The summed E-state index contributed by atoms with van der Waals surface area (Å²) in [5.74, 6) is -0.724. The summed E-state index contributed by atoms with van der Waals surface area (Å²) in [6.45, 7) is 5.94. The summed E-state index contributed by atoms with van der Waals surface area (Å²) in [6, 6.07) is 12.1. The molecule has 4 aromatic rings. The summed E-state index contributed by atoms with van der Waals surface area (Å²) >= 11 is 0. The lowest BCUT2D eigenvalue weighted by Gasteiger charge is -2.26. The van der Waals surface area contributed by atoms with Gasteiger partial charge in [0.1, 0.15) is 5.82 Å². The molecular formula is C27H28FN7O2. The molecule has 5 rings (SSSR count). The molecule has 0 aliphatic carbocycles. The highest BCUT2D eigenvalue weighted by atomic mass is 19.1. The standard InChI is InChI=1S/C27H28FN7O2/c1-18-3-4-19(16-35-9-11-37-12-10-35)13-25(18)31-26(36)20-5-6-24(22(28)14-20)33-27-29-8-7-23(32-27)21-15-30-34(2)17-21/h3-8,13-15,17H,9-12,16H2,1-2H3,(H,31,36)(H,29,32,33). The van der Waals surface area contributed by atoms with E-state index in [0.717, 1.165) is 49.5 Å². The fraction of sp³-hybridized carbons (Fsp3) is 0.259. The van der Waals surface area contributed by atoms with Gasteiger partial charge in [0.2, 0.25) is 5.95 Å². The molecule has 9 nitrogen and oxygen atoms in total. The fourth-order valence-corrected chi connectivity index (χ4v) is 4.13. The predicted molar refractivity (Wildman–Crippen MR) is 139 cm³/mol. The van der Waals surface area contributed by atoms with Crippen LogP contribution in [0.1, 0.15) is 21.5 Å². The van der Waals surface area contributed by atoms with Crippen molar-refractivity contribution in [1.29, 1.82) is 0 Å². The number of ether oxygens (including phenoxy) is 1. The van der Waals surface area contributed by atoms with Gasteiger partial charge in [0.25, 0.3) is 5.91 Å². The summed E-state index contributed by atoms with van der Waals surface area (Å²) in [6.07, 6.45) is 5.12. The van der Waals surface area contributed by atoms with E-state index < -0.39 is 5.82 Å². The van der Waals surface area contributed by atoms with Crippen molar-refractivity contribution in [3.05, 3.63) is 83.6 Å². The number of aromatic nitrogens is 4. The Morgan fingerprint density at radius 3 is 2.70 bits per heavy atom. The Morgan fingerprint density at radius 1 is 1.11 bits per heavy atom. The van der Waals surface area contributed by atoms with Crippen LogP contribution in [0.5, 0.6) is 0 Å². The molecular weight excluding hydrogens is 473 g/mol. The lowest BCUT2D eigenvalue weighted by molar-refractivity contribution is 0.0342. The molecule has 0 unspecified atom stereocenters. The average Bonchev–Trinajstić information content (AvgIpc) is 3.34.